The maximum Gasteiger partial charge on any atom is 0.306 e. The first-order valence-electron chi connectivity index (χ1n) is 4.59. The summed E-state index contributed by atoms with van der Waals surface area (Å²) >= 11 is 0. The molecule has 14 heavy (non-hydrogen) atoms. The second-order valence-electron chi connectivity index (χ2n) is 3.40. The minimum Gasteiger partial charge on any atom is -0.345 e. The van der Waals surface area contributed by atoms with Crippen molar-refractivity contribution in [3.63, 3.8) is 0 Å². The molecule has 0 aromatic rings. The molecule has 6 heteroatoms. The Kier molecular flexibility index (Phi) is 3.38. The minimum absolute atomic E-state index is 0.641. The van der Waals surface area contributed by atoms with Crippen molar-refractivity contribution in [1.29, 1.82) is 0 Å². The Balaban J connectivity index is 2.71. The second kappa shape index (κ2) is 4.18. The van der Waals surface area contributed by atoms with Gasteiger partial charge in [-0.1, -0.05) is 13.3 Å². The van der Waals surface area contributed by atoms with E-state index in [0.29, 0.717) is 6.54 Å². The summed E-state index contributed by atoms with van der Waals surface area (Å²) in [7, 11) is -2.42. The predicted octanol–water partition coefficient (Wildman–Crippen LogP) is 0.677. The van der Waals surface area contributed by atoms with E-state index in [9.17, 15) is 8.42 Å². The molecule has 0 aliphatic carbocycles. The van der Waals surface area contributed by atoms with E-state index in [2.05, 4.69) is 0 Å². The highest BCUT2D eigenvalue weighted by Crippen LogP contribution is 2.18. The van der Waals surface area contributed by atoms with Crippen molar-refractivity contribution in [2.45, 2.75) is 25.3 Å². The highest BCUT2D eigenvalue weighted by atomic mass is 32.2. The van der Waals surface area contributed by atoms with Crippen LogP contribution in [-0.2, 0) is 10.1 Å². The molecule has 0 fully saturated rings. The van der Waals surface area contributed by atoms with Gasteiger partial charge in [-0.05, 0) is 6.42 Å². The van der Waals surface area contributed by atoms with Gasteiger partial charge in [0.15, 0.2) is 0 Å². The third kappa shape index (κ3) is 2.39. The summed E-state index contributed by atoms with van der Waals surface area (Å²) in [6.45, 7) is 2.67. The fourth-order valence-electron chi connectivity index (χ4n) is 1.48. The molecule has 5 nitrogen and oxygen atoms in total. The molecule has 0 radical (unpaired) electrons. The quantitative estimate of drug-likeness (QED) is 0.706. The predicted molar refractivity (Wildman–Crippen MR) is 53.9 cm³/mol. The van der Waals surface area contributed by atoms with Crippen LogP contribution in [0.2, 0.25) is 0 Å². The number of unbranched alkanes of at least 4 members (excludes halogenated alkanes) is 1. The standard InChI is InChI=1S/C8H16N2O3S/c1-3-4-5-10-7-6-9(2)8(10)14(11,12)13/h6-8H,3-5H2,1-2H3,(H,11,12,13). The molecule has 0 amide bonds. The van der Waals surface area contributed by atoms with Crippen LogP contribution in [0.5, 0.6) is 0 Å². The SMILES string of the molecule is CCCCN1C=CN(C)C1S(=O)(=O)O. The Morgan fingerprint density at radius 3 is 2.57 bits per heavy atom. The fraction of sp³-hybridized carbons (Fsp3) is 0.750. The normalized spacial score (nSPS) is 22.1. The molecule has 0 bridgehead atoms. The zero-order valence-corrected chi connectivity index (χ0v) is 9.24. The van der Waals surface area contributed by atoms with Crippen LogP contribution in [-0.4, -0.2) is 41.9 Å². The molecule has 0 spiro atoms. The Morgan fingerprint density at radius 1 is 1.43 bits per heavy atom. The Hall–Kier alpha value is -0.750. The van der Waals surface area contributed by atoms with Gasteiger partial charge in [0.05, 0.1) is 0 Å². The van der Waals surface area contributed by atoms with E-state index in [4.69, 9.17) is 4.55 Å². The monoisotopic (exact) mass is 220 g/mol. The molecule has 0 aromatic heterocycles. The molecule has 82 valence electrons. The van der Waals surface area contributed by atoms with E-state index in [0.717, 1.165) is 12.8 Å². The van der Waals surface area contributed by atoms with Crippen molar-refractivity contribution >= 4 is 10.1 Å². The van der Waals surface area contributed by atoms with Crippen molar-refractivity contribution < 1.29 is 13.0 Å². The van der Waals surface area contributed by atoms with E-state index in [1.54, 1.807) is 24.3 Å². The molecule has 1 N–H and O–H groups in total. The largest absolute Gasteiger partial charge is 0.345 e. The van der Waals surface area contributed by atoms with Crippen LogP contribution >= 0.6 is 0 Å². The van der Waals surface area contributed by atoms with Crippen molar-refractivity contribution in [3.05, 3.63) is 12.4 Å². The summed E-state index contributed by atoms with van der Waals surface area (Å²) in [5, 5.41) is 0. The molecule has 1 unspecified atom stereocenters. The van der Waals surface area contributed by atoms with Crippen LogP contribution in [0.15, 0.2) is 12.4 Å². The van der Waals surface area contributed by atoms with Crippen LogP contribution in [0.3, 0.4) is 0 Å². The van der Waals surface area contributed by atoms with Gasteiger partial charge in [0.25, 0.3) is 0 Å². The molecule has 0 aromatic carbocycles. The highest BCUT2D eigenvalue weighted by molar-refractivity contribution is 7.86. The van der Waals surface area contributed by atoms with Gasteiger partial charge < -0.3 is 9.80 Å². The van der Waals surface area contributed by atoms with Gasteiger partial charge in [-0.2, -0.15) is 8.42 Å². The van der Waals surface area contributed by atoms with Gasteiger partial charge in [0.1, 0.15) is 0 Å². The Labute approximate surface area is 84.7 Å². The fourth-order valence-corrected chi connectivity index (χ4v) is 2.49. The summed E-state index contributed by atoms with van der Waals surface area (Å²) < 4.78 is 31.1. The number of hydrogen-bond acceptors (Lipinski definition) is 4. The summed E-state index contributed by atoms with van der Waals surface area (Å²) in [6, 6.07) is 0. The van der Waals surface area contributed by atoms with Gasteiger partial charge in [-0.25, -0.2) is 0 Å². The summed E-state index contributed by atoms with van der Waals surface area (Å²) in [6.07, 6.45) is 5.23. The first-order chi connectivity index (χ1) is 6.46. The van der Waals surface area contributed by atoms with Crippen LogP contribution in [0, 0.1) is 0 Å². The third-order valence-corrected chi connectivity index (χ3v) is 3.30. The first-order valence-corrected chi connectivity index (χ1v) is 6.09. The topological polar surface area (TPSA) is 60.9 Å². The lowest BCUT2D eigenvalue weighted by atomic mass is 10.3. The van der Waals surface area contributed by atoms with Gasteiger partial charge in [-0.15, -0.1) is 0 Å². The smallest absolute Gasteiger partial charge is 0.306 e. The average molecular weight is 220 g/mol. The van der Waals surface area contributed by atoms with Crippen LogP contribution < -0.4 is 0 Å². The molecular weight excluding hydrogens is 204 g/mol. The first kappa shape index (κ1) is 11.3. The van der Waals surface area contributed by atoms with E-state index in [1.807, 2.05) is 6.92 Å². The summed E-state index contributed by atoms with van der Waals surface area (Å²) in [4.78, 5) is 3.10. The zero-order chi connectivity index (χ0) is 10.8. The number of nitrogens with zero attached hydrogens (tertiary/aromatic N) is 2. The maximum atomic E-state index is 11.0. The van der Waals surface area contributed by atoms with E-state index in [-0.39, 0.29) is 0 Å². The van der Waals surface area contributed by atoms with Crippen LogP contribution in [0.4, 0.5) is 0 Å². The minimum atomic E-state index is -4.04. The van der Waals surface area contributed by atoms with Crippen molar-refractivity contribution in [2.75, 3.05) is 13.6 Å². The summed E-state index contributed by atoms with van der Waals surface area (Å²) in [5.74, 6) is 0. The van der Waals surface area contributed by atoms with Gasteiger partial charge in [-0.3, -0.25) is 4.55 Å². The molecule has 1 rings (SSSR count). The van der Waals surface area contributed by atoms with E-state index >= 15 is 0 Å². The Morgan fingerprint density at radius 2 is 2.07 bits per heavy atom. The summed E-state index contributed by atoms with van der Waals surface area (Å²) in [5.41, 5.74) is -0.950. The van der Waals surface area contributed by atoms with Gasteiger partial charge in [0, 0.05) is 26.0 Å². The second-order valence-corrected chi connectivity index (χ2v) is 4.85. The lowest BCUT2D eigenvalue weighted by Crippen LogP contribution is -2.43. The molecular formula is C8H16N2O3S. The lowest BCUT2D eigenvalue weighted by Gasteiger charge is -2.27. The maximum absolute atomic E-state index is 11.0. The van der Waals surface area contributed by atoms with Crippen molar-refractivity contribution in [1.82, 2.24) is 9.80 Å². The van der Waals surface area contributed by atoms with Crippen molar-refractivity contribution in [2.24, 2.45) is 0 Å². The van der Waals surface area contributed by atoms with Crippen molar-refractivity contribution in [3.8, 4) is 0 Å². The molecule has 1 aliphatic heterocycles. The van der Waals surface area contributed by atoms with Gasteiger partial charge in [0.2, 0.25) is 5.50 Å². The Bertz CT molecular complexity index is 313. The third-order valence-electron chi connectivity index (χ3n) is 2.16. The number of hydrogen-bond donors (Lipinski definition) is 1. The highest BCUT2D eigenvalue weighted by Gasteiger charge is 2.33. The van der Waals surface area contributed by atoms with Crippen LogP contribution in [0.1, 0.15) is 19.8 Å². The van der Waals surface area contributed by atoms with Gasteiger partial charge >= 0.3 is 10.1 Å². The molecule has 0 saturated carbocycles. The lowest BCUT2D eigenvalue weighted by molar-refractivity contribution is 0.231. The van der Waals surface area contributed by atoms with E-state index < -0.39 is 15.6 Å². The molecule has 1 heterocycles. The molecule has 1 aliphatic rings. The zero-order valence-electron chi connectivity index (χ0n) is 8.42. The molecule has 0 saturated heterocycles. The number of rotatable bonds is 4. The van der Waals surface area contributed by atoms with Crippen LogP contribution in [0.25, 0.3) is 0 Å². The van der Waals surface area contributed by atoms with E-state index in [1.165, 1.54) is 4.90 Å². The average Bonchev–Trinajstić information content (AvgIpc) is 2.42. The molecule has 1 atom stereocenters.